The Balaban J connectivity index is 1.44. The van der Waals surface area contributed by atoms with Gasteiger partial charge < -0.3 is 4.90 Å². The summed E-state index contributed by atoms with van der Waals surface area (Å²) in [5, 5.41) is 10.2. The molecule has 0 bridgehead atoms. The van der Waals surface area contributed by atoms with Crippen LogP contribution < -0.4 is 5.32 Å². The Kier molecular flexibility index (Phi) is 5.18. The van der Waals surface area contributed by atoms with Crippen LogP contribution in [0.2, 0.25) is 0 Å². The minimum atomic E-state index is -0.211. The van der Waals surface area contributed by atoms with Crippen molar-refractivity contribution >= 4 is 39.2 Å². The second kappa shape index (κ2) is 8.16. The quantitative estimate of drug-likeness (QED) is 0.517. The summed E-state index contributed by atoms with van der Waals surface area (Å²) in [7, 11) is 1.83. The van der Waals surface area contributed by atoms with E-state index in [4.69, 9.17) is 4.98 Å². The standard InChI is InChI=1S/C23H22N6O2S/c1-14-18(12-25-28(14)2)22(31)29-9-7-15(13-29)20-11-17(16-5-3-4-6-19(16)26-20)21(30)27-23-24-8-10-32-23/h3-6,8,10-12,15H,7,9,13H2,1-2H3,(H,24,27,30). The van der Waals surface area contributed by atoms with Crippen LogP contribution in [0.4, 0.5) is 5.13 Å². The predicted molar refractivity (Wildman–Crippen MR) is 123 cm³/mol. The van der Waals surface area contributed by atoms with E-state index in [0.29, 0.717) is 29.3 Å². The SMILES string of the molecule is Cc1c(C(=O)N2CCC(c3cc(C(=O)Nc4nccs4)c4ccccc4n3)C2)cnn1C. The number of rotatable bonds is 4. The van der Waals surface area contributed by atoms with Crippen molar-refractivity contribution in [1.82, 2.24) is 24.6 Å². The van der Waals surface area contributed by atoms with Crippen LogP contribution in [0, 0.1) is 6.92 Å². The summed E-state index contributed by atoms with van der Waals surface area (Å²) in [4.78, 5) is 36.9. The molecular weight excluding hydrogens is 424 g/mol. The highest BCUT2D eigenvalue weighted by Gasteiger charge is 2.31. The lowest BCUT2D eigenvalue weighted by Crippen LogP contribution is -2.29. The number of fused-ring (bicyclic) bond motifs is 1. The van der Waals surface area contributed by atoms with Crippen molar-refractivity contribution < 1.29 is 9.59 Å². The number of hydrogen-bond acceptors (Lipinski definition) is 6. The highest BCUT2D eigenvalue weighted by atomic mass is 32.1. The second-order valence-corrected chi connectivity index (χ2v) is 8.80. The molecule has 32 heavy (non-hydrogen) atoms. The summed E-state index contributed by atoms with van der Waals surface area (Å²) in [6.07, 6.45) is 4.08. The zero-order valence-corrected chi connectivity index (χ0v) is 18.6. The maximum atomic E-state index is 13.0. The Labute approximate surface area is 188 Å². The molecule has 0 saturated carbocycles. The minimum absolute atomic E-state index is 0.0133. The van der Waals surface area contributed by atoms with Crippen LogP contribution in [-0.2, 0) is 7.05 Å². The van der Waals surface area contributed by atoms with Crippen molar-refractivity contribution in [2.24, 2.45) is 7.05 Å². The molecule has 1 saturated heterocycles. The fourth-order valence-electron chi connectivity index (χ4n) is 4.11. The number of aromatic nitrogens is 4. The zero-order valence-electron chi connectivity index (χ0n) is 17.8. The third-order valence-electron chi connectivity index (χ3n) is 5.99. The molecule has 3 aromatic heterocycles. The predicted octanol–water partition coefficient (Wildman–Crippen LogP) is 3.62. The molecule has 1 aromatic carbocycles. The molecule has 0 aliphatic carbocycles. The van der Waals surface area contributed by atoms with Crippen LogP contribution in [0.25, 0.3) is 10.9 Å². The van der Waals surface area contributed by atoms with Gasteiger partial charge >= 0.3 is 0 Å². The van der Waals surface area contributed by atoms with Crippen molar-refractivity contribution in [3.8, 4) is 0 Å². The van der Waals surface area contributed by atoms with Gasteiger partial charge in [0.15, 0.2) is 5.13 Å². The topological polar surface area (TPSA) is 93.0 Å². The molecular formula is C23H22N6O2S. The molecule has 5 rings (SSSR count). The third-order valence-corrected chi connectivity index (χ3v) is 6.68. The Morgan fingerprint density at radius 3 is 2.81 bits per heavy atom. The summed E-state index contributed by atoms with van der Waals surface area (Å²) in [6.45, 7) is 3.10. The summed E-state index contributed by atoms with van der Waals surface area (Å²) in [5.41, 5.74) is 3.63. The second-order valence-electron chi connectivity index (χ2n) is 7.91. The van der Waals surface area contributed by atoms with Gasteiger partial charge in [-0.3, -0.25) is 24.6 Å². The molecule has 1 unspecified atom stereocenters. The summed E-state index contributed by atoms with van der Waals surface area (Å²) < 4.78 is 1.71. The molecule has 2 amide bonds. The van der Waals surface area contributed by atoms with Gasteiger partial charge in [-0.1, -0.05) is 18.2 Å². The van der Waals surface area contributed by atoms with Crippen LogP contribution in [0.5, 0.6) is 0 Å². The van der Waals surface area contributed by atoms with Crippen LogP contribution in [0.3, 0.4) is 0 Å². The van der Waals surface area contributed by atoms with E-state index in [9.17, 15) is 9.59 Å². The lowest BCUT2D eigenvalue weighted by molar-refractivity contribution is 0.0789. The van der Waals surface area contributed by atoms with E-state index >= 15 is 0 Å². The number of para-hydroxylation sites is 1. The molecule has 1 N–H and O–H groups in total. The van der Waals surface area contributed by atoms with Crippen LogP contribution in [-0.4, -0.2) is 49.6 Å². The van der Waals surface area contributed by atoms with Gasteiger partial charge in [0.05, 0.1) is 22.8 Å². The number of thiazole rings is 1. The number of hydrogen-bond donors (Lipinski definition) is 1. The maximum absolute atomic E-state index is 13.0. The van der Waals surface area contributed by atoms with Crippen molar-refractivity contribution in [1.29, 1.82) is 0 Å². The monoisotopic (exact) mass is 446 g/mol. The van der Waals surface area contributed by atoms with Gasteiger partial charge in [-0.25, -0.2) is 4.98 Å². The first-order valence-corrected chi connectivity index (χ1v) is 11.3. The highest BCUT2D eigenvalue weighted by molar-refractivity contribution is 7.13. The van der Waals surface area contributed by atoms with E-state index in [1.165, 1.54) is 11.3 Å². The molecule has 1 atom stereocenters. The Hall–Kier alpha value is -3.59. The number of carbonyl (C=O) groups excluding carboxylic acids is 2. The summed E-state index contributed by atoms with van der Waals surface area (Å²) in [6, 6.07) is 9.49. The highest BCUT2D eigenvalue weighted by Crippen LogP contribution is 2.31. The van der Waals surface area contributed by atoms with E-state index in [0.717, 1.165) is 28.7 Å². The van der Waals surface area contributed by atoms with Crippen molar-refractivity contribution in [2.45, 2.75) is 19.3 Å². The van der Waals surface area contributed by atoms with Gasteiger partial charge in [-0.15, -0.1) is 11.3 Å². The number of aryl methyl sites for hydroxylation is 1. The van der Waals surface area contributed by atoms with E-state index in [2.05, 4.69) is 15.4 Å². The van der Waals surface area contributed by atoms with Crippen molar-refractivity contribution in [3.05, 3.63) is 70.6 Å². The normalized spacial score (nSPS) is 15.9. The molecule has 9 heteroatoms. The molecule has 162 valence electrons. The number of anilines is 1. The van der Waals surface area contributed by atoms with Gasteiger partial charge in [0.1, 0.15) is 0 Å². The summed E-state index contributed by atoms with van der Waals surface area (Å²) in [5.74, 6) is -0.163. The fraction of sp³-hybridized carbons (Fsp3) is 0.261. The number of likely N-dealkylation sites (tertiary alicyclic amines) is 1. The number of benzene rings is 1. The number of carbonyl (C=O) groups is 2. The minimum Gasteiger partial charge on any atom is -0.338 e. The molecule has 1 aliphatic heterocycles. The van der Waals surface area contributed by atoms with Crippen LogP contribution in [0.1, 0.15) is 44.4 Å². The van der Waals surface area contributed by atoms with Gasteiger partial charge in [0.2, 0.25) is 0 Å². The zero-order chi connectivity index (χ0) is 22.2. The van der Waals surface area contributed by atoms with E-state index in [1.54, 1.807) is 17.1 Å². The molecule has 1 fully saturated rings. The van der Waals surface area contributed by atoms with Gasteiger partial charge in [-0.05, 0) is 25.5 Å². The molecule has 1 aliphatic rings. The largest absolute Gasteiger partial charge is 0.338 e. The first-order chi connectivity index (χ1) is 15.5. The number of nitrogens with zero attached hydrogens (tertiary/aromatic N) is 5. The first kappa shape index (κ1) is 20.3. The lowest BCUT2D eigenvalue weighted by Gasteiger charge is -2.17. The molecule has 0 radical (unpaired) electrons. The average Bonchev–Trinajstić information content (AvgIpc) is 3.56. The molecule has 0 spiro atoms. The van der Waals surface area contributed by atoms with Crippen LogP contribution in [0.15, 0.2) is 48.1 Å². The van der Waals surface area contributed by atoms with Gasteiger partial charge in [0.25, 0.3) is 11.8 Å². The van der Waals surface area contributed by atoms with E-state index in [-0.39, 0.29) is 17.7 Å². The van der Waals surface area contributed by atoms with E-state index in [1.807, 2.05) is 54.6 Å². The maximum Gasteiger partial charge on any atom is 0.258 e. The Morgan fingerprint density at radius 2 is 2.06 bits per heavy atom. The van der Waals surface area contributed by atoms with Crippen molar-refractivity contribution in [3.63, 3.8) is 0 Å². The fourth-order valence-corrected chi connectivity index (χ4v) is 4.63. The molecule has 4 aromatic rings. The average molecular weight is 447 g/mol. The lowest BCUT2D eigenvalue weighted by atomic mass is 9.99. The Morgan fingerprint density at radius 1 is 1.22 bits per heavy atom. The molecule has 4 heterocycles. The third kappa shape index (κ3) is 3.64. The summed E-state index contributed by atoms with van der Waals surface area (Å²) >= 11 is 1.38. The smallest absolute Gasteiger partial charge is 0.258 e. The number of nitrogens with one attached hydrogen (secondary N) is 1. The number of amides is 2. The van der Waals surface area contributed by atoms with Gasteiger partial charge in [0, 0.05) is 54.4 Å². The first-order valence-electron chi connectivity index (χ1n) is 10.4. The molecule has 8 nitrogen and oxygen atoms in total. The number of pyridine rings is 1. The van der Waals surface area contributed by atoms with E-state index < -0.39 is 0 Å². The van der Waals surface area contributed by atoms with Crippen LogP contribution >= 0.6 is 11.3 Å². The van der Waals surface area contributed by atoms with Crippen molar-refractivity contribution in [2.75, 3.05) is 18.4 Å². The Bertz CT molecular complexity index is 1310. The van der Waals surface area contributed by atoms with Gasteiger partial charge in [-0.2, -0.15) is 5.10 Å².